The van der Waals surface area contributed by atoms with Gasteiger partial charge in [-0.25, -0.2) is 9.69 Å². The number of hydrogen-bond donors (Lipinski definition) is 1. The normalized spacial score (nSPS) is 13.9. The molecular weight excluding hydrogens is 403 g/mol. The lowest BCUT2D eigenvalue weighted by atomic mass is 10.2. The first-order valence-corrected chi connectivity index (χ1v) is 9.18. The summed E-state index contributed by atoms with van der Waals surface area (Å²) in [5.41, 5.74) is 1.86. The van der Waals surface area contributed by atoms with Gasteiger partial charge in [0.1, 0.15) is 10.7 Å². The molecule has 1 heterocycles. The highest BCUT2D eigenvalue weighted by atomic mass is 35.5. The lowest BCUT2D eigenvalue weighted by Gasteiger charge is -2.16. The third-order valence-corrected chi connectivity index (χ3v) is 4.95. The number of amides is 2. The number of ether oxygens (including phenoxy) is 1. The number of rotatable bonds is 5. The Hall–Kier alpha value is -2.83. The summed E-state index contributed by atoms with van der Waals surface area (Å²) in [7, 11) is 0. The molecule has 1 aliphatic rings. The van der Waals surface area contributed by atoms with E-state index in [1.807, 2.05) is 0 Å². The fraction of sp³-hybridized carbons (Fsp3) is 0.150. The fourth-order valence-electron chi connectivity index (χ4n) is 2.68. The topological polar surface area (TPSA) is 75.7 Å². The lowest BCUT2D eigenvalue weighted by Crippen LogP contribution is -2.32. The standard InChI is InChI=1S/C20H16Cl2N2O4/c1-3-28-20(27)12-7-9-13(10-8-12)24-18(25)16(22)17(19(24)26)23-15-6-4-5-14(21)11(15)2/h4-10,23H,3H2,1-2H3. The van der Waals surface area contributed by atoms with Crippen molar-refractivity contribution in [2.75, 3.05) is 16.8 Å². The van der Waals surface area contributed by atoms with Crippen molar-refractivity contribution in [1.29, 1.82) is 0 Å². The van der Waals surface area contributed by atoms with Gasteiger partial charge < -0.3 is 10.1 Å². The Morgan fingerprint density at radius 3 is 2.39 bits per heavy atom. The van der Waals surface area contributed by atoms with Gasteiger partial charge in [-0.05, 0) is 55.8 Å². The van der Waals surface area contributed by atoms with Crippen LogP contribution in [0.3, 0.4) is 0 Å². The van der Waals surface area contributed by atoms with Crippen molar-refractivity contribution in [3.63, 3.8) is 0 Å². The molecule has 2 aromatic rings. The maximum atomic E-state index is 12.8. The molecule has 0 radical (unpaired) electrons. The zero-order chi connectivity index (χ0) is 20.4. The van der Waals surface area contributed by atoms with Gasteiger partial charge in [-0.2, -0.15) is 0 Å². The first-order valence-electron chi connectivity index (χ1n) is 8.43. The third-order valence-electron chi connectivity index (χ3n) is 4.19. The highest BCUT2D eigenvalue weighted by molar-refractivity contribution is 6.53. The van der Waals surface area contributed by atoms with E-state index in [0.717, 1.165) is 10.5 Å². The molecule has 144 valence electrons. The van der Waals surface area contributed by atoms with Crippen molar-refractivity contribution in [2.24, 2.45) is 0 Å². The number of halogens is 2. The van der Waals surface area contributed by atoms with Crippen LogP contribution in [0.1, 0.15) is 22.8 Å². The van der Waals surface area contributed by atoms with Gasteiger partial charge in [0.15, 0.2) is 0 Å². The summed E-state index contributed by atoms with van der Waals surface area (Å²) in [6.45, 7) is 3.74. The van der Waals surface area contributed by atoms with Crippen LogP contribution in [0.4, 0.5) is 11.4 Å². The molecule has 2 amide bonds. The van der Waals surface area contributed by atoms with Crippen LogP contribution >= 0.6 is 23.2 Å². The zero-order valence-corrected chi connectivity index (χ0v) is 16.6. The number of benzene rings is 2. The number of nitrogens with zero attached hydrogens (tertiary/aromatic N) is 1. The van der Waals surface area contributed by atoms with E-state index in [2.05, 4.69) is 5.32 Å². The van der Waals surface area contributed by atoms with E-state index in [0.29, 0.717) is 22.0 Å². The van der Waals surface area contributed by atoms with Gasteiger partial charge in [0.05, 0.1) is 17.9 Å². The number of carbonyl (C=O) groups excluding carboxylic acids is 3. The van der Waals surface area contributed by atoms with Gasteiger partial charge in [0.25, 0.3) is 11.8 Å². The molecule has 8 heteroatoms. The first kappa shape index (κ1) is 19.9. The molecular formula is C20H16Cl2N2O4. The Labute approximate surface area is 171 Å². The number of nitrogens with one attached hydrogen (secondary N) is 1. The molecule has 0 atom stereocenters. The highest BCUT2D eigenvalue weighted by Crippen LogP contribution is 2.32. The molecule has 0 saturated carbocycles. The number of carbonyl (C=O) groups is 3. The Balaban J connectivity index is 1.86. The number of hydrogen-bond acceptors (Lipinski definition) is 5. The van der Waals surface area contributed by atoms with E-state index in [1.165, 1.54) is 24.3 Å². The zero-order valence-electron chi connectivity index (χ0n) is 15.1. The van der Waals surface area contributed by atoms with Gasteiger partial charge in [0, 0.05) is 10.7 Å². The Bertz CT molecular complexity index is 1000. The lowest BCUT2D eigenvalue weighted by molar-refractivity contribution is -0.120. The van der Waals surface area contributed by atoms with Crippen LogP contribution in [0.2, 0.25) is 5.02 Å². The number of esters is 1. The second-order valence-electron chi connectivity index (χ2n) is 5.94. The van der Waals surface area contributed by atoms with Crippen LogP contribution < -0.4 is 10.2 Å². The van der Waals surface area contributed by atoms with Gasteiger partial charge >= 0.3 is 5.97 Å². The minimum atomic E-state index is -0.655. The molecule has 1 aliphatic heterocycles. The number of imide groups is 1. The van der Waals surface area contributed by atoms with E-state index >= 15 is 0 Å². The maximum Gasteiger partial charge on any atom is 0.338 e. The number of anilines is 2. The van der Waals surface area contributed by atoms with Crippen LogP contribution in [-0.2, 0) is 14.3 Å². The van der Waals surface area contributed by atoms with Gasteiger partial charge in [-0.3, -0.25) is 9.59 Å². The van der Waals surface area contributed by atoms with E-state index in [-0.39, 0.29) is 17.3 Å². The summed E-state index contributed by atoms with van der Waals surface area (Å²) in [6.07, 6.45) is 0. The predicted molar refractivity (Wildman–Crippen MR) is 108 cm³/mol. The molecule has 0 aliphatic carbocycles. The second kappa shape index (κ2) is 8.04. The van der Waals surface area contributed by atoms with Gasteiger partial charge in [0.2, 0.25) is 0 Å². The predicted octanol–water partition coefficient (Wildman–Crippen LogP) is 4.26. The molecule has 3 rings (SSSR count). The van der Waals surface area contributed by atoms with Crippen molar-refractivity contribution >= 4 is 52.4 Å². The molecule has 6 nitrogen and oxygen atoms in total. The minimum Gasteiger partial charge on any atom is -0.462 e. The molecule has 2 aromatic carbocycles. The Morgan fingerprint density at radius 2 is 1.75 bits per heavy atom. The molecule has 0 spiro atoms. The Morgan fingerprint density at radius 1 is 1.07 bits per heavy atom. The van der Waals surface area contributed by atoms with E-state index in [9.17, 15) is 14.4 Å². The van der Waals surface area contributed by atoms with Crippen molar-refractivity contribution in [3.05, 3.63) is 69.3 Å². The SMILES string of the molecule is CCOC(=O)c1ccc(N2C(=O)C(Cl)=C(Nc3cccc(Cl)c3C)C2=O)cc1. The van der Waals surface area contributed by atoms with E-state index in [4.69, 9.17) is 27.9 Å². The first-order chi connectivity index (χ1) is 13.3. The minimum absolute atomic E-state index is 0.0356. The average molecular weight is 419 g/mol. The van der Waals surface area contributed by atoms with Crippen LogP contribution in [-0.4, -0.2) is 24.4 Å². The van der Waals surface area contributed by atoms with Crippen LogP contribution in [0.5, 0.6) is 0 Å². The summed E-state index contributed by atoms with van der Waals surface area (Å²) in [4.78, 5) is 38.1. The summed E-state index contributed by atoms with van der Waals surface area (Å²) in [5, 5.41) is 3.20. The van der Waals surface area contributed by atoms with Crippen LogP contribution in [0.15, 0.2) is 53.2 Å². The molecule has 1 N–H and O–H groups in total. The summed E-state index contributed by atoms with van der Waals surface area (Å²) >= 11 is 12.2. The smallest absolute Gasteiger partial charge is 0.338 e. The van der Waals surface area contributed by atoms with Gasteiger partial charge in [-0.15, -0.1) is 0 Å². The monoisotopic (exact) mass is 418 g/mol. The largest absolute Gasteiger partial charge is 0.462 e. The summed E-state index contributed by atoms with van der Waals surface area (Å²) in [6, 6.07) is 11.1. The maximum absolute atomic E-state index is 12.8. The molecule has 0 unspecified atom stereocenters. The van der Waals surface area contributed by atoms with Crippen molar-refractivity contribution in [3.8, 4) is 0 Å². The summed E-state index contributed by atoms with van der Waals surface area (Å²) < 4.78 is 4.92. The van der Waals surface area contributed by atoms with Crippen molar-refractivity contribution in [2.45, 2.75) is 13.8 Å². The molecule has 0 aromatic heterocycles. The van der Waals surface area contributed by atoms with Crippen molar-refractivity contribution in [1.82, 2.24) is 0 Å². The highest BCUT2D eigenvalue weighted by Gasteiger charge is 2.39. The fourth-order valence-corrected chi connectivity index (χ4v) is 3.07. The molecule has 0 fully saturated rings. The second-order valence-corrected chi connectivity index (χ2v) is 6.72. The Kier molecular flexibility index (Phi) is 5.72. The molecule has 0 saturated heterocycles. The van der Waals surface area contributed by atoms with E-state index < -0.39 is 17.8 Å². The summed E-state index contributed by atoms with van der Waals surface area (Å²) in [5.74, 6) is -1.74. The van der Waals surface area contributed by atoms with Crippen molar-refractivity contribution < 1.29 is 19.1 Å². The van der Waals surface area contributed by atoms with Crippen LogP contribution in [0.25, 0.3) is 0 Å². The molecule has 28 heavy (non-hydrogen) atoms. The van der Waals surface area contributed by atoms with E-state index in [1.54, 1.807) is 32.0 Å². The van der Waals surface area contributed by atoms with Crippen LogP contribution in [0, 0.1) is 6.92 Å². The third kappa shape index (κ3) is 3.61. The average Bonchev–Trinajstić information content (AvgIpc) is 2.89. The molecule has 0 bridgehead atoms. The van der Waals surface area contributed by atoms with Gasteiger partial charge in [-0.1, -0.05) is 29.3 Å². The quantitative estimate of drug-likeness (QED) is 0.579.